The number of hydrogen-bond donors (Lipinski definition) is 3. The molecule has 43 heavy (non-hydrogen) atoms. The quantitative estimate of drug-likeness (QED) is 0.112. The molecule has 8 heteroatoms. The van der Waals surface area contributed by atoms with Crippen molar-refractivity contribution in [3.63, 3.8) is 0 Å². The molecule has 4 rings (SSSR count). The van der Waals surface area contributed by atoms with Gasteiger partial charge < -0.3 is 16.0 Å². The van der Waals surface area contributed by atoms with Crippen LogP contribution in [0, 0.1) is 0 Å². The molecule has 4 aromatic rings. The fraction of sp³-hybridized carbons (Fsp3) is 0.171. The molecule has 0 aliphatic carbocycles. The van der Waals surface area contributed by atoms with Gasteiger partial charge in [0.1, 0.15) is 5.70 Å². The molecule has 220 valence electrons. The monoisotopic (exact) mass is 655 g/mol. The number of nitrogens with one attached hydrogen (secondary N) is 3. The van der Waals surface area contributed by atoms with E-state index in [9.17, 15) is 14.4 Å². The van der Waals surface area contributed by atoms with Crippen LogP contribution in [0.2, 0.25) is 0 Å². The molecule has 0 bridgehead atoms. The molecule has 0 saturated heterocycles. The van der Waals surface area contributed by atoms with Crippen LogP contribution in [0.4, 0.5) is 11.4 Å². The van der Waals surface area contributed by atoms with Crippen molar-refractivity contribution in [3.05, 3.63) is 130 Å². The van der Waals surface area contributed by atoms with E-state index in [4.69, 9.17) is 0 Å². The zero-order valence-electron chi connectivity index (χ0n) is 24.3. The first-order chi connectivity index (χ1) is 20.7. The van der Waals surface area contributed by atoms with Gasteiger partial charge in [-0.15, -0.1) is 11.8 Å². The Labute approximate surface area is 265 Å². The lowest BCUT2D eigenvalue weighted by molar-refractivity contribution is -0.116. The molecule has 0 aromatic heterocycles. The highest BCUT2D eigenvalue weighted by Gasteiger charge is 2.20. The molecule has 0 heterocycles. The third-order valence-electron chi connectivity index (χ3n) is 6.61. The van der Waals surface area contributed by atoms with Gasteiger partial charge in [-0.3, -0.25) is 14.4 Å². The summed E-state index contributed by atoms with van der Waals surface area (Å²) in [6, 6.07) is 31.5. The highest BCUT2D eigenvalue weighted by Crippen LogP contribution is 2.30. The zero-order chi connectivity index (χ0) is 30.8. The Kier molecular flexibility index (Phi) is 11.4. The molecule has 0 saturated carbocycles. The summed E-state index contributed by atoms with van der Waals surface area (Å²) < 4.78 is 0.812. The van der Waals surface area contributed by atoms with Crippen molar-refractivity contribution in [2.24, 2.45) is 0 Å². The highest BCUT2D eigenvalue weighted by atomic mass is 79.9. The predicted octanol–water partition coefficient (Wildman–Crippen LogP) is 8.49. The Balaban J connectivity index is 1.51. The van der Waals surface area contributed by atoms with Crippen molar-refractivity contribution in [1.82, 2.24) is 5.32 Å². The summed E-state index contributed by atoms with van der Waals surface area (Å²) in [6.07, 6.45) is 2.28. The Morgan fingerprint density at radius 2 is 1.53 bits per heavy atom. The second-order valence-corrected chi connectivity index (χ2v) is 12.3. The van der Waals surface area contributed by atoms with Gasteiger partial charge in [-0.05, 0) is 87.9 Å². The minimum atomic E-state index is -0.460. The fourth-order valence-electron chi connectivity index (χ4n) is 4.19. The maximum atomic E-state index is 13.5. The molecule has 3 N–H and O–H groups in total. The van der Waals surface area contributed by atoms with E-state index in [2.05, 4.69) is 45.7 Å². The van der Waals surface area contributed by atoms with Crippen molar-refractivity contribution < 1.29 is 14.4 Å². The van der Waals surface area contributed by atoms with Gasteiger partial charge in [0, 0.05) is 20.6 Å². The second kappa shape index (κ2) is 15.4. The maximum Gasteiger partial charge on any atom is 0.272 e. The molecule has 1 atom stereocenters. The van der Waals surface area contributed by atoms with Gasteiger partial charge in [-0.2, -0.15) is 0 Å². The van der Waals surface area contributed by atoms with Crippen molar-refractivity contribution in [2.75, 3.05) is 10.6 Å². The van der Waals surface area contributed by atoms with Crippen LogP contribution in [0.15, 0.2) is 118 Å². The van der Waals surface area contributed by atoms with Crippen LogP contribution in [-0.2, 0) is 9.59 Å². The minimum absolute atomic E-state index is 0.105. The van der Waals surface area contributed by atoms with E-state index >= 15 is 0 Å². The van der Waals surface area contributed by atoms with Gasteiger partial charge in [0.2, 0.25) is 5.91 Å². The average molecular weight is 657 g/mol. The topological polar surface area (TPSA) is 87.3 Å². The molecule has 0 spiro atoms. The number of anilines is 2. The van der Waals surface area contributed by atoms with Gasteiger partial charge >= 0.3 is 0 Å². The van der Waals surface area contributed by atoms with Gasteiger partial charge in [-0.25, -0.2) is 0 Å². The van der Waals surface area contributed by atoms with Crippen molar-refractivity contribution in [2.45, 2.75) is 43.3 Å². The van der Waals surface area contributed by atoms with E-state index in [1.165, 1.54) is 17.3 Å². The van der Waals surface area contributed by atoms with Crippen molar-refractivity contribution in [1.29, 1.82) is 0 Å². The zero-order valence-corrected chi connectivity index (χ0v) is 26.7. The highest BCUT2D eigenvalue weighted by molar-refractivity contribution is 9.10. The summed E-state index contributed by atoms with van der Waals surface area (Å²) in [4.78, 5) is 40.4. The van der Waals surface area contributed by atoms with E-state index in [1.54, 1.807) is 36.4 Å². The number of hydrogen-bond acceptors (Lipinski definition) is 4. The number of benzene rings is 4. The van der Waals surface area contributed by atoms with Crippen LogP contribution in [0.5, 0.6) is 0 Å². The summed E-state index contributed by atoms with van der Waals surface area (Å²) in [5.41, 5.74) is 3.79. The van der Waals surface area contributed by atoms with Crippen LogP contribution in [0.1, 0.15) is 54.6 Å². The SMILES string of the molecule is CCC(Sc1cccc(NC(=O)/C(=C\c2ccc(C(C)C)cc2)NC(=O)c2ccccc2)c1)C(=O)Nc1ccccc1Br. The summed E-state index contributed by atoms with van der Waals surface area (Å²) in [5.74, 6) is -0.571. The molecule has 3 amide bonds. The first-order valence-corrected chi connectivity index (χ1v) is 15.7. The number of halogens is 1. The van der Waals surface area contributed by atoms with Crippen LogP contribution in [0.25, 0.3) is 6.08 Å². The lowest BCUT2D eigenvalue weighted by Crippen LogP contribution is -2.30. The number of carbonyl (C=O) groups excluding carboxylic acids is 3. The average Bonchev–Trinajstić information content (AvgIpc) is 3.01. The van der Waals surface area contributed by atoms with Crippen LogP contribution in [0.3, 0.4) is 0 Å². The molecule has 0 aliphatic heterocycles. The number of thioether (sulfide) groups is 1. The van der Waals surface area contributed by atoms with Gasteiger partial charge in [-0.1, -0.05) is 81.4 Å². The van der Waals surface area contributed by atoms with Crippen molar-refractivity contribution >= 4 is 62.9 Å². The van der Waals surface area contributed by atoms with Gasteiger partial charge in [0.15, 0.2) is 0 Å². The lowest BCUT2D eigenvalue weighted by atomic mass is 10.0. The van der Waals surface area contributed by atoms with Gasteiger partial charge in [0.05, 0.1) is 10.9 Å². The number of amides is 3. The van der Waals surface area contributed by atoms with E-state index in [0.717, 1.165) is 14.9 Å². The maximum absolute atomic E-state index is 13.5. The van der Waals surface area contributed by atoms with Crippen molar-refractivity contribution in [3.8, 4) is 0 Å². The number of para-hydroxylation sites is 1. The first-order valence-electron chi connectivity index (χ1n) is 14.0. The van der Waals surface area contributed by atoms with Crippen LogP contribution in [-0.4, -0.2) is 23.0 Å². The minimum Gasteiger partial charge on any atom is -0.324 e. The molecular weight excluding hydrogens is 622 g/mol. The summed E-state index contributed by atoms with van der Waals surface area (Å²) in [5, 5.41) is 8.34. The Morgan fingerprint density at radius 1 is 0.837 bits per heavy atom. The first kappa shape index (κ1) is 31.8. The van der Waals surface area contributed by atoms with Gasteiger partial charge in [0.25, 0.3) is 11.8 Å². The van der Waals surface area contributed by atoms with Crippen LogP contribution < -0.4 is 16.0 Å². The fourth-order valence-corrected chi connectivity index (χ4v) is 5.59. The smallest absolute Gasteiger partial charge is 0.272 e. The van der Waals surface area contributed by atoms with E-state index in [-0.39, 0.29) is 22.8 Å². The number of carbonyl (C=O) groups is 3. The molecule has 0 fully saturated rings. The van der Waals surface area contributed by atoms with Crippen LogP contribution >= 0.6 is 27.7 Å². The standard InChI is InChI=1S/C35H34BrN3O3S/c1-4-32(35(42)38-30-16-9-8-15-29(30)36)43-28-14-10-13-27(22-28)37-34(41)31(39-33(40)26-11-6-5-7-12-26)21-24-17-19-25(20-18-24)23(2)3/h5-23,32H,4H2,1-3H3,(H,37,41)(H,38,42)(H,39,40)/b31-21+. The normalized spacial score (nSPS) is 12.0. The molecular formula is C35H34BrN3O3S. The molecule has 4 aromatic carbocycles. The Bertz CT molecular complexity index is 1600. The summed E-state index contributed by atoms with van der Waals surface area (Å²) >= 11 is 4.89. The van der Waals surface area contributed by atoms with E-state index < -0.39 is 5.91 Å². The summed E-state index contributed by atoms with van der Waals surface area (Å²) in [6.45, 7) is 6.20. The Morgan fingerprint density at radius 3 is 2.21 bits per heavy atom. The third kappa shape index (κ3) is 9.17. The lowest BCUT2D eigenvalue weighted by Gasteiger charge is -2.16. The molecule has 1 unspecified atom stereocenters. The summed E-state index contributed by atoms with van der Waals surface area (Å²) in [7, 11) is 0. The number of rotatable bonds is 11. The van der Waals surface area contributed by atoms with E-state index in [1.807, 2.05) is 79.7 Å². The molecule has 6 nitrogen and oxygen atoms in total. The molecule has 0 radical (unpaired) electrons. The van der Waals surface area contributed by atoms with E-state index in [0.29, 0.717) is 29.3 Å². The largest absolute Gasteiger partial charge is 0.324 e. The predicted molar refractivity (Wildman–Crippen MR) is 180 cm³/mol. The Hall–Kier alpha value is -4.14. The second-order valence-electron chi connectivity index (χ2n) is 10.2. The third-order valence-corrected chi connectivity index (χ3v) is 8.66. The molecule has 0 aliphatic rings.